The van der Waals surface area contributed by atoms with Crippen molar-refractivity contribution in [1.82, 2.24) is 0 Å². The number of rotatable bonds is 6. The highest BCUT2D eigenvalue weighted by Gasteiger charge is 2.10. The molecule has 0 spiro atoms. The number of nitrogens with two attached hydrogens (primary N) is 1. The molecule has 0 fully saturated rings. The molecule has 100 valence electrons. The van der Waals surface area contributed by atoms with Crippen molar-refractivity contribution < 1.29 is 4.79 Å². The summed E-state index contributed by atoms with van der Waals surface area (Å²) in [6.07, 6.45) is 0.383. The molecule has 0 radical (unpaired) electrons. The van der Waals surface area contributed by atoms with Crippen LogP contribution in [-0.4, -0.2) is 32.6 Å². The SMILES string of the molecule is CCN(CC)c1ccc(N(C)C(=O)CCN)cc1. The summed E-state index contributed by atoms with van der Waals surface area (Å²) in [5.74, 6) is 0.0492. The van der Waals surface area contributed by atoms with Gasteiger partial charge in [-0.15, -0.1) is 0 Å². The van der Waals surface area contributed by atoms with Crippen molar-refractivity contribution in [3.05, 3.63) is 24.3 Å². The number of carbonyl (C=O) groups excluding carboxylic acids is 1. The largest absolute Gasteiger partial charge is 0.372 e. The molecule has 0 aliphatic heterocycles. The molecule has 0 atom stereocenters. The molecule has 1 aromatic carbocycles. The molecule has 1 amide bonds. The summed E-state index contributed by atoms with van der Waals surface area (Å²) in [6, 6.07) is 8.05. The molecule has 2 N–H and O–H groups in total. The van der Waals surface area contributed by atoms with Crippen molar-refractivity contribution in [2.24, 2.45) is 5.73 Å². The summed E-state index contributed by atoms with van der Waals surface area (Å²) in [5.41, 5.74) is 7.48. The maximum absolute atomic E-state index is 11.7. The van der Waals surface area contributed by atoms with Gasteiger partial charge in [-0.1, -0.05) is 0 Å². The molecule has 0 aromatic heterocycles. The van der Waals surface area contributed by atoms with Crippen LogP contribution in [0.1, 0.15) is 20.3 Å². The average molecular weight is 249 g/mol. The molecule has 0 saturated carbocycles. The Bertz CT molecular complexity index is 371. The highest BCUT2D eigenvalue weighted by molar-refractivity contribution is 5.93. The van der Waals surface area contributed by atoms with E-state index in [1.165, 1.54) is 5.69 Å². The van der Waals surface area contributed by atoms with Gasteiger partial charge in [0.25, 0.3) is 0 Å². The smallest absolute Gasteiger partial charge is 0.227 e. The van der Waals surface area contributed by atoms with Crippen molar-refractivity contribution in [3.63, 3.8) is 0 Å². The van der Waals surface area contributed by atoms with Crippen molar-refractivity contribution >= 4 is 17.3 Å². The molecule has 0 bridgehead atoms. The van der Waals surface area contributed by atoms with Crippen LogP contribution in [0.4, 0.5) is 11.4 Å². The Morgan fingerprint density at radius 1 is 1.11 bits per heavy atom. The van der Waals surface area contributed by atoms with E-state index in [4.69, 9.17) is 5.73 Å². The van der Waals surface area contributed by atoms with Crippen LogP contribution in [0.3, 0.4) is 0 Å². The van der Waals surface area contributed by atoms with Gasteiger partial charge in [0.1, 0.15) is 0 Å². The highest BCUT2D eigenvalue weighted by Crippen LogP contribution is 2.20. The quantitative estimate of drug-likeness (QED) is 0.837. The molecule has 0 saturated heterocycles. The Morgan fingerprint density at radius 2 is 1.61 bits per heavy atom. The summed E-state index contributed by atoms with van der Waals surface area (Å²) < 4.78 is 0. The van der Waals surface area contributed by atoms with Crippen LogP contribution >= 0.6 is 0 Å². The van der Waals surface area contributed by atoms with Crippen LogP contribution in [0.25, 0.3) is 0 Å². The Morgan fingerprint density at radius 3 is 2.06 bits per heavy atom. The zero-order valence-electron chi connectivity index (χ0n) is 11.5. The summed E-state index contributed by atoms with van der Waals surface area (Å²) in [6.45, 7) is 6.62. The average Bonchev–Trinajstić information content (AvgIpc) is 2.40. The minimum absolute atomic E-state index is 0.0492. The second kappa shape index (κ2) is 7.01. The van der Waals surface area contributed by atoms with Gasteiger partial charge in [-0.05, 0) is 38.1 Å². The van der Waals surface area contributed by atoms with Crippen molar-refractivity contribution in [3.8, 4) is 0 Å². The zero-order valence-corrected chi connectivity index (χ0v) is 11.5. The fourth-order valence-corrected chi connectivity index (χ4v) is 1.91. The highest BCUT2D eigenvalue weighted by atomic mass is 16.2. The number of amides is 1. The monoisotopic (exact) mass is 249 g/mol. The van der Waals surface area contributed by atoms with Gasteiger partial charge in [0.15, 0.2) is 0 Å². The number of carbonyl (C=O) groups is 1. The molecule has 4 nitrogen and oxygen atoms in total. The van der Waals surface area contributed by atoms with E-state index in [0.29, 0.717) is 13.0 Å². The summed E-state index contributed by atoms with van der Waals surface area (Å²) in [5, 5.41) is 0. The molecule has 1 rings (SSSR count). The van der Waals surface area contributed by atoms with Crippen LogP contribution in [0.15, 0.2) is 24.3 Å². The molecule has 0 aliphatic rings. The lowest BCUT2D eigenvalue weighted by Gasteiger charge is -2.22. The number of hydrogen-bond donors (Lipinski definition) is 1. The summed E-state index contributed by atoms with van der Waals surface area (Å²) in [4.78, 5) is 15.6. The van der Waals surface area contributed by atoms with Crippen LogP contribution in [0.5, 0.6) is 0 Å². The van der Waals surface area contributed by atoms with Crippen LogP contribution < -0.4 is 15.5 Å². The van der Waals surface area contributed by atoms with Gasteiger partial charge in [0.2, 0.25) is 5.91 Å². The number of hydrogen-bond acceptors (Lipinski definition) is 3. The Hall–Kier alpha value is -1.55. The van der Waals surface area contributed by atoms with E-state index >= 15 is 0 Å². The van der Waals surface area contributed by atoms with E-state index in [1.54, 1.807) is 11.9 Å². The topological polar surface area (TPSA) is 49.6 Å². The minimum atomic E-state index is 0.0492. The Balaban J connectivity index is 2.79. The van der Waals surface area contributed by atoms with E-state index in [-0.39, 0.29) is 5.91 Å². The molecule has 1 aromatic rings. The molecule has 0 heterocycles. The summed E-state index contributed by atoms with van der Waals surface area (Å²) in [7, 11) is 1.78. The fourth-order valence-electron chi connectivity index (χ4n) is 1.91. The third kappa shape index (κ3) is 3.47. The van der Waals surface area contributed by atoms with E-state index < -0.39 is 0 Å². The third-order valence-corrected chi connectivity index (χ3v) is 3.10. The third-order valence-electron chi connectivity index (χ3n) is 3.10. The first-order valence-electron chi connectivity index (χ1n) is 6.45. The number of benzene rings is 1. The van der Waals surface area contributed by atoms with Gasteiger partial charge < -0.3 is 15.5 Å². The van der Waals surface area contributed by atoms with Crippen LogP contribution in [-0.2, 0) is 4.79 Å². The van der Waals surface area contributed by atoms with E-state index in [2.05, 4.69) is 30.9 Å². The van der Waals surface area contributed by atoms with E-state index in [9.17, 15) is 4.79 Å². The molecule has 0 unspecified atom stereocenters. The molecule has 4 heteroatoms. The minimum Gasteiger partial charge on any atom is -0.372 e. The standard InChI is InChI=1S/C14H23N3O/c1-4-17(5-2)13-8-6-12(7-9-13)16(3)14(18)10-11-15/h6-9H,4-5,10-11,15H2,1-3H3. The van der Waals surface area contributed by atoms with Gasteiger partial charge in [0, 0.05) is 44.5 Å². The van der Waals surface area contributed by atoms with Crippen LogP contribution in [0.2, 0.25) is 0 Å². The number of nitrogens with zero attached hydrogens (tertiary/aromatic N) is 2. The predicted molar refractivity (Wildman–Crippen MR) is 77.1 cm³/mol. The van der Waals surface area contributed by atoms with Gasteiger partial charge in [-0.2, -0.15) is 0 Å². The van der Waals surface area contributed by atoms with E-state index in [1.807, 2.05) is 12.1 Å². The number of anilines is 2. The lowest BCUT2D eigenvalue weighted by Crippen LogP contribution is -2.28. The maximum Gasteiger partial charge on any atom is 0.227 e. The second-order valence-corrected chi connectivity index (χ2v) is 4.18. The lowest BCUT2D eigenvalue weighted by atomic mass is 10.2. The van der Waals surface area contributed by atoms with Crippen molar-refractivity contribution in [2.75, 3.05) is 36.5 Å². The lowest BCUT2D eigenvalue weighted by molar-refractivity contribution is -0.118. The van der Waals surface area contributed by atoms with Gasteiger partial charge >= 0.3 is 0 Å². The van der Waals surface area contributed by atoms with Gasteiger partial charge in [-0.25, -0.2) is 0 Å². The molecule has 0 aliphatic carbocycles. The molecular weight excluding hydrogens is 226 g/mol. The van der Waals surface area contributed by atoms with Crippen LogP contribution in [0, 0.1) is 0 Å². The van der Waals surface area contributed by atoms with Crippen molar-refractivity contribution in [2.45, 2.75) is 20.3 Å². The Kier molecular flexibility index (Phi) is 5.65. The normalized spacial score (nSPS) is 10.2. The Labute approximate surface area is 109 Å². The summed E-state index contributed by atoms with van der Waals surface area (Å²) >= 11 is 0. The first-order valence-corrected chi connectivity index (χ1v) is 6.45. The van der Waals surface area contributed by atoms with Crippen molar-refractivity contribution in [1.29, 1.82) is 0 Å². The zero-order chi connectivity index (χ0) is 13.5. The molecular formula is C14H23N3O. The fraction of sp³-hybridized carbons (Fsp3) is 0.500. The first kappa shape index (κ1) is 14.5. The molecule has 18 heavy (non-hydrogen) atoms. The first-order chi connectivity index (χ1) is 8.63. The van der Waals surface area contributed by atoms with Gasteiger partial charge in [-0.3, -0.25) is 4.79 Å². The van der Waals surface area contributed by atoms with E-state index in [0.717, 1.165) is 18.8 Å². The predicted octanol–water partition coefficient (Wildman–Crippen LogP) is 1.84. The van der Waals surface area contributed by atoms with Gasteiger partial charge in [0.05, 0.1) is 0 Å². The maximum atomic E-state index is 11.7. The second-order valence-electron chi connectivity index (χ2n) is 4.18.